The molecule has 2 heterocycles. The minimum Gasteiger partial charge on any atom is -0.497 e. The lowest BCUT2D eigenvalue weighted by Crippen LogP contribution is -2.34. The molecule has 0 radical (unpaired) electrons. The largest absolute Gasteiger partial charge is 0.497 e. The molecule has 1 aromatic heterocycles. The van der Waals surface area contributed by atoms with Crippen LogP contribution in [-0.4, -0.2) is 42.7 Å². The number of rotatable bonds is 5. The molecule has 2 aliphatic rings. The Labute approximate surface area is 146 Å². The number of nitrogens with zero attached hydrogens (tertiary/aromatic N) is 2. The average Bonchev–Trinajstić information content (AvgIpc) is 3.02. The molecule has 2 atom stereocenters. The number of likely N-dealkylation sites (tertiary alicyclic amines) is 1. The molecule has 1 saturated heterocycles. The van der Waals surface area contributed by atoms with Gasteiger partial charge in [-0.05, 0) is 24.5 Å². The van der Waals surface area contributed by atoms with E-state index in [2.05, 4.69) is 16.5 Å². The molecule has 2 unspecified atom stereocenters. The molecule has 2 aromatic rings. The summed E-state index contributed by atoms with van der Waals surface area (Å²) < 4.78 is 10.5. The summed E-state index contributed by atoms with van der Waals surface area (Å²) >= 11 is 0. The summed E-state index contributed by atoms with van der Waals surface area (Å²) in [6.07, 6.45) is 6.40. The van der Waals surface area contributed by atoms with Gasteiger partial charge in [0.05, 0.1) is 7.11 Å². The second-order valence-corrected chi connectivity index (χ2v) is 6.76. The van der Waals surface area contributed by atoms with Crippen LogP contribution in [0.15, 0.2) is 34.9 Å². The lowest BCUT2D eigenvalue weighted by Gasteiger charge is -2.19. The summed E-state index contributed by atoms with van der Waals surface area (Å²) in [7, 11) is 1.61. The predicted octanol–water partition coefficient (Wildman–Crippen LogP) is 1.99. The van der Waals surface area contributed by atoms with Crippen molar-refractivity contribution in [1.82, 2.24) is 15.4 Å². The van der Waals surface area contributed by atoms with Crippen molar-refractivity contribution < 1.29 is 14.1 Å². The first-order chi connectivity index (χ1) is 12.1. The Kier molecular flexibility index (Phi) is 3.65. The first-order valence-electron chi connectivity index (χ1n) is 8.24. The molecule has 2 fully saturated rings. The minimum absolute atomic E-state index is 0.117. The number of carbonyl (C=O) groups excluding carboxylic acids is 1. The summed E-state index contributed by atoms with van der Waals surface area (Å²) in [6, 6.07) is 11.6. The topological polar surface area (TPSA) is 67.6 Å². The van der Waals surface area contributed by atoms with Crippen LogP contribution in [0.1, 0.15) is 17.0 Å². The lowest BCUT2D eigenvalue weighted by molar-refractivity contribution is 0.0723. The summed E-state index contributed by atoms with van der Waals surface area (Å²) in [6.45, 7) is 2.21. The van der Waals surface area contributed by atoms with Crippen LogP contribution in [0.25, 0.3) is 11.3 Å². The van der Waals surface area contributed by atoms with Gasteiger partial charge < -0.3 is 19.5 Å². The van der Waals surface area contributed by atoms with E-state index in [-0.39, 0.29) is 17.1 Å². The van der Waals surface area contributed by atoms with Crippen LogP contribution in [0.5, 0.6) is 5.75 Å². The summed E-state index contributed by atoms with van der Waals surface area (Å²) in [4.78, 5) is 14.5. The van der Waals surface area contributed by atoms with E-state index < -0.39 is 0 Å². The number of ether oxygens (including phenoxy) is 1. The second kappa shape index (κ2) is 5.85. The van der Waals surface area contributed by atoms with Crippen LogP contribution in [0.3, 0.4) is 0 Å². The van der Waals surface area contributed by atoms with E-state index in [1.807, 2.05) is 29.2 Å². The third kappa shape index (κ3) is 2.72. The highest BCUT2D eigenvalue weighted by molar-refractivity contribution is 5.92. The number of amides is 1. The van der Waals surface area contributed by atoms with E-state index in [0.29, 0.717) is 18.2 Å². The number of methoxy groups -OCH3 is 1. The van der Waals surface area contributed by atoms with Crippen molar-refractivity contribution in [3.8, 4) is 29.5 Å². The molecule has 6 heteroatoms. The molecular formula is C19H19N3O3. The van der Waals surface area contributed by atoms with Crippen molar-refractivity contribution >= 4 is 5.91 Å². The Bertz CT molecular complexity index is 854. The third-order valence-corrected chi connectivity index (χ3v) is 5.22. The van der Waals surface area contributed by atoms with Crippen molar-refractivity contribution in [2.75, 3.05) is 26.7 Å². The molecule has 1 amide bonds. The molecule has 25 heavy (non-hydrogen) atoms. The normalized spacial score (nSPS) is 23.7. The van der Waals surface area contributed by atoms with Gasteiger partial charge in [0.2, 0.25) is 5.76 Å². The van der Waals surface area contributed by atoms with E-state index in [4.69, 9.17) is 15.7 Å². The maximum atomic E-state index is 12.7. The average molecular weight is 337 g/mol. The highest BCUT2D eigenvalue weighted by Crippen LogP contribution is 2.57. The van der Waals surface area contributed by atoms with E-state index in [0.717, 1.165) is 30.8 Å². The zero-order chi connectivity index (χ0) is 17.4. The van der Waals surface area contributed by atoms with Gasteiger partial charge in [0, 0.05) is 42.7 Å². The number of terminal acetylenes is 1. The Balaban J connectivity index is 1.47. The Morgan fingerprint density at radius 3 is 3.24 bits per heavy atom. The van der Waals surface area contributed by atoms with Crippen molar-refractivity contribution in [2.45, 2.75) is 6.42 Å². The zero-order valence-corrected chi connectivity index (χ0v) is 14.0. The van der Waals surface area contributed by atoms with E-state index in [9.17, 15) is 4.79 Å². The fraction of sp³-hybridized carbons (Fsp3) is 0.368. The smallest absolute Gasteiger partial charge is 0.292 e. The quantitative estimate of drug-likeness (QED) is 0.668. The van der Waals surface area contributed by atoms with Gasteiger partial charge in [-0.3, -0.25) is 4.79 Å². The van der Waals surface area contributed by atoms with Crippen LogP contribution in [0.2, 0.25) is 0 Å². The van der Waals surface area contributed by atoms with E-state index >= 15 is 0 Å². The lowest BCUT2D eigenvalue weighted by atomic mass is 10.1. The number of fused-ring (bicyclic) bond motifs is 1. The molecule has 4 rings (SSSR count). The zero-order valence-electron chi connectivity index (χ0n) is 14.0. The van der Waals surface area contributed by atoms with Gasteiger partial charge in [-0.15, -0.1) is 0 Å². The number of hydrogen-bond donors (Lipinski definition) is 1. The predicted molar refractivity (Wildman–Crippen MR) is 91.8 cm³/mol. The van der Waals surface area contributed by atoms with Gasteiger partial charge >= 0.3 is 0 Å². The molecule has 128 valence electrons. The van der Waals surface area contributed by atoms with Crippen LogP contribution >= 0.6 is 0 Å². The molecule has 1 aromatic carbocycles. The van der Waals surface area contributed by atoms with Gasteiger partial charge in [-0.1, -0.05) is 23.7 Å². The SMILES string of the molecule is C#CNCC12CC1CN(C(=O)c1cc(-c3cccc(OC)c3)no1)C2. The molecule has 1 aliphatic carbocycles. The number of carbonyl (C=O) groups is 1. The molecule has 0 bridgehead atoms. The Morgan fingerprint density at radius 1 is 1.56 bits per heavy atom. The van der Waals surface area contributed by atoms with Gasteiger partial charge in [0.15, 0.2) is 0 Å². The van der Waals surface area contributed by atoms with Crippen molar-refractivity contribution in [3.63, 3.8) is 0 Å². The summed E-state index contributed by atoms with van der Waals surface area (Å²) in [5.74, 6) is 1.40. The highest BCUT2D eigenvalue weighted by Gasteiger charge is 2.60. The van der Waals surface area contributed by atoms with Crippen LogP contribution in [-0.2, 0) is 0 Å². The number of benzene rings is 1. The molecule has 0 spiro atoms. The van der Waals surface area contributed by atoms with Crippen molar-refractivity contribution in [3.05, 3.63) is 36.1 Å². The van der Waals surface area contributed by atoms with Gasteiger partial charge in [0.25, 0.3) is 5.91 Å². The number of hydrogen-bond acceptors (Lipinski definition) is 5. The number of aromatic nitrogens is 1. The molecular weight excluding hydrogens is 318 g/mol. The molecule has 1 aliphatic heterocycles. The fourth-order valence-electron chi connectivity index (χ4n) is 3.70. The monoisotopic (exact) mass is 337 g/mol. The van der Waals surface area contributed by atoms with Crippen LogP contribution in [0.4, 0.5) is 0 Å². The van der Waals surface area contributed by atoms with Crippen LogP contribution < -0.4 is 10.1 Å². The van der Waals surface area contributed by atoms with Crippen molar-refractivity contribution in [2.24, 2.45) is 11.3 Å². The van der Waals surface area contributed by atoms with Crippen molar-refractivity contribution in [1.29, 1.82) is 0 Å². The van der Waals surface area contributed by atoms with E-state index in [1.54, 1.807) is 13.2 Å². The fourth-order valence-corrected chi connectivity index (χ4v) is 3.70. The first kappa shape index (κ1) is 15.6. The second-order valence-electron chi connectivity index (χ2n) is 6.76. The molecule has 6 nitrogen and oxygen atoms in total. The summed E-state index contributed by atoms with van der Waals surface area (Å²) in [5.41, 5.74) is 1.61. The highest BCUT2D eigenvalue weighted by atomic mass is 16.5. The molecule has 1 saturated carbocycles. The summed E-state index contributed by atoms with van der Waals surface area (Å²) in [5, 5.41) is 6.98. The van der Waals surface area contributed by atoms with Gasteiger partial charge in [-0.2, -0.15) is 0 Å². The maximum Gasteiger partial charge on any atom is 0.292 e. The maximum absolute atomic E-state index is 12.7. The minimum atomic E-state index is -0.117. The number of nitrogens with one attached hydrogen (secondary N) is 1. The standard InChI is InChI=1S/C19H19N3O3/c1-3-20-11-19-9-14(19)10-22(12-19)18(23)17-8-16(21-25-17)13-5-4-6-15(7-13)24-2/h1,4-8,14,20H,9-12H2,2H3. The number of piperidine rings is 1. The van der Waals surface area contributed by atoms with E-state index in [1.165, 1.54) is 0 Å². The Morgan fingerprint density at radius 2 is 2.44 bits per heavy atom. The van der Waals surface area contributed by atoms with Gasteiger partial charge in [0.1, 0.15) is 11.4 Å². The third-order valence-electron chi connectivity index (χ3n) is 5.22. The Hall–Kier alpha value is -2.94. The molecule has 1 N–H and O–H groups in total. The van der Waals surface area contributed by atoms with Crippen LogP contribution in [0, 0.1) is 23.8 Å². The van der Waals surface area contributed by atoms with Gasteiger partial charge in [-0.25, -0.2) is 0 Å². The first-order valence-corrected chi connectivity index (χ1v) is 8.24.